The fraction of sp³-hybridized carbons (Fsp3) is 0.143. The minimum absolute atomic E-state index is 0.264. The van der Waals surface area contributed by atoms with E-state index >= 15 is 0 Å². The lowest BCUT2D eigenvalue weighted by molar-refractivity contribution is 0.102. The van der Waals surface area contributed by atoms with Gasteiger partial charge in [-0.25, -0.2) is 4.98 Å². The van der Waals surface area contributed by atoms with Crippen LogP contribution in [0.4, 0.5) is 11.4 Å². The van der Waals surface area contributed by atoms with Crippen LogP contribution in [0.5, 0.6) is 0 Å². The lowest BCUT2D eigenvalue weighted by Crippen LogP contribution is -2.16. The number of benzene rings is 1. The van der Waals surface area contributed by atoms with Gasteiger partial charge in [0.15, 0.2) is 5.15 Å². The van der Waals surface area contributed by atoms with Crippen molar-refractivity contribution in [2.24, 2.45) is 0 Å². The zero-order chi connectivity index (χ0) is 14.0. The summed E-state index contributed by atoms with van der Waals surface area (Å²) in [6.07, 6.45) is 1.59. The molecule has 0 atom stereocenters. The zero-order valence-corrected chi connectivity index (χ0v) is 11.5. The van der Waals surface area contributed by atoms with E-state index in [9.17, 15) is 4.79 Å². The van der Waals surface area contributed by atoms with Gasteiger partial charge in [-0.15, -0.1) is 0 Å². The maximum atomic E-state index is 12.3. The van der Waals surface area contributed by atoms with Crippen LogP contribution in [0.1, 0.15) is 21.5 Å². The molecule has 98 valence electrons. The molecule has 0 unspecified atom stereocenters. The van der Waals surface area contributed by atoms with Crippen LogP contribution in [-0.4, -0.2) is 10.9 Å². The number of carbonyl (C=O) groups is 1. The molecule has 0 bridgehead atoms. The molecule has 0 saturated heterocycles. The molecular weight excluding hydrogens is 262 g/mol. The van der Waals surface area contributed by atoms with E-state index in [-0.39, 0.29) is 11.1 Å². The Morgan fingerprint density at radius 3 is 2.63 bits per heavy atom. The molecule has 4 nitrogen and oxygen atoms in total. The van der Waals surface area contributed by atoms with Crippen LogP contribution >= 0.6 is 11.6 Å². The number of aromatic nitrogens is 1. The largest absolute Gasteiger partial charge is 0.398 e. The Morgan fingerprint density at radius 2 is 2.00 bits per heavy atom. The Bertz CT molecular complexity index is 600. The number of nitrogens with one attached hydrogen (secondary N) is 1. The summed E-state index contributed by atoms with van der Waals surface area (Å²) in [6.45, 7) is 3.69. The number of nitrogens with two attached hydrogens (primary N) is 1. The average Bonchev–Trinajstić information content (AvgIpc) is 2.34. The molecule has 0 fully saturated rings. The number of nitrogens with zero attached hydrogens (tertiary/aromatic N) is 1. The van der Waals surface area contributed by atoms with Crippen LogP contribution in [0.2, 0.25) is 5.15 Å². The van der Waals surface area contributed by atoms with E-state index in [4.69, 9.17) is 17.3 Å². The molecule has 1 aromatic heterocycles. The molecule has 0 aliphatic carbocycles. The predicted molar refractivity (Wildman–Crippen MR) is 77.5 cm³/mol. The van der Waals surface area contributed by atoms with Gasteiger partial charge in [0, 0.05) is 11.9 Å². The first kappa shape index (κ1) is 13.4. The summed E-state index contributed by atoms with van der Waals surface area (Å²) in [4.78, 5) is 16.2. The second-order valence-electron chi connectivity index (χ2n) is 4.29. The van der Waals surface area contributed by atoms with E-state index in [0.29, 0.717) is 16.9 Å². The SMILES string of the molecule is Cc1ccnc(Cl)c1NC(=O)c1c(C)cccc1N. The van der Waals surface area contributed by atoms with Crippen molar-refractivity contribution in [1.29, 1.82) is 0 Å². The number of rotatable bonds is 2. The van der Waals surface area contributed by atoms with Crippen molar-refractivity contribution >= 4 is 28.9 Å². The molecule has 5 heteroatoms. The van der Waals surface area contributed by atoms with Gasteiger partial charge in [-0.1, -0.05) is 23.7 Å². The summed E-state index contributed by atoms with van der Waals surface area (Å²) >= 11 is 5.98. The van der Waals surface area contributed by atoms with Crippen molar-refractivity contribution in [3.63, 3.8) is 0 Å². The second-order valence-corrected chi connectivity index (χ2v) is 4.64. The van der Waals surface area contributed by atoms with Crippen LogP contribution in [-0.2, 0) is 0 Å². The molecule has 1 amide bonds. The molecule has 2 rings (SSSR count). The standard InChI is InChI=1S/C14H14ClN3O/c1-8-4-3-5-10(16)11(8)14(19)18-12-9(2)6-7-17-13(12)15/h3-7H,16H2,1-2H3,(H,18,19). The quantitative estimate of drug-likeness (QED) is 0.653. The van der Waals surface area contributed by atoms with Crippen molar-refractivity contribution in [2.75, 3.05) is 11.1 Å². The number of anilines is 2. The molecule has 0 spiro atoms. The predicted octanol–water partition coefficient (Wildman–Crippen LogP) is 3.19. The average molecular weight is 276 g/mol. The third-order valence-electron chi connectivity index (χ3n) is 2.88. The van der Waals surface area contributed by atoms with Crippen molar-refractivity contribution in [3.8, 4) is 0 Å². The van der Waals surface area contributed by atoms with E-state index < -0.39 is 0 Å². The molecule has 0 aliphatic heterocycles. The topological polar surface area (TPSA) is 68.0 Å². The highest BCUT2D eigenvalue weighted by Gasteiger charge is 2.15. The summed E-state index contributed by atoms with van der Waals surface area (Å²) in [5.41, 5.74) is 8.92. The summed E-state index contributed by atoms with van der Waals surface area (Å²) in [6, 6.07) is 7.12. The van der Waals surface area contributed by atoms with Gasteiger partial charge in [0.1, 0.15) is 0 Å². The number of carbonyl (C=O) groups excluding carboxylic acids is 1. The number of hydrogen-bond donors (Lipinski definition) is 2. The van der Waals surface area contributed by atoms with E-state index in [2.05, 4.69) is 10.3 Å². The fourth-order valence-corrected chi connectivity index (χ4v) is 2.10. The van der Waals surface area contributed by atoms with Crippen LogP contribution in [0.15, 0.2) is 30.5 Å². The molecule has 19 heavy (non-hydrogen) atoms. The number of halogens is 1. The third-order valence-corrected chi connectivity index (χ3v) is 3.17. The van der Waals surface area contributed by atoms with Gasteiger partial charge in [0.2, 0.25) is 0 Å². The fourth-order valence-electron chi connectivity index (χ4n) is 1.85. The lowest BCUT2D eigenvalue weighted by atomic mass is 10.1. The highest BCUT2D eigenvalue weighted by atomic mass is 35.5. The van der Waals surface area contributed by atoms with Gasteiger partial charge < -0.3 is 11.1 Å². The Labute approximate surface area is 116 Å². The van der Waals surface area contributed by atoms with Gasteiger partial charge in [0.05, 0.1) is 11.3 Å². The van der Waals surface area contributed by atoms with Gasteiger partial charge in [-0.05, 0) is 37.1 Å². The van der Waals surface area contributed by atoms with Crippen LogP contribution in [0.25, 0.3) is 0 Å². The van der Waals surface area contributed by atoms with Crippen molar-refractivity contribution in [3.05, 3.63) is 52.3 Å². The number of pyridine rings is 1. The molecule has 3 N–H and O–H groups in total. The normalized spacial score (nSPS) is 10.3. The van der Waals surface area contributed by atoms with Crippen LogP contribution in [0, 0.1) is 13.8 Å². The first-order chi connectivity index (χ1) is 9.00. The van der Waals surface area contributed by atoms with Gasteiger partial charge in [-0.2, -0.15) is 0 Å². The van der Waals surface area contributed by atoms with E-state index in [1.807, 2.05) is 26.0 Å². The highest BCUT2D eigenvalue weighted by Crippen LogP contribution is 2.25. The number of aryl methyl sites for hydroxylation is 2. The molecule has 0 radical (unpaired) electrons. The molecular formula is C14H14ClN3O. The highest BCUT2D eigenvalue weighted by molar-refractivity contribution is 6.33. The molecule has 2 aromatic rings. The monoisotopic (exact) mass is 275 g/mol. The third kappa shape index (κ3) is 2.69. The Morgan fingerprint density at radius 1 is 1.26 bits per heavy atom. The van der Waals surface area contributed by atoms with Crippen molar-refractivity contribution in [1.82, 2.24) is 4.98 Å². The smallest absolute Gasteiger partial charge is 0.258 e. The van der Waals surface area contributed by atoms with Crippen molar-refractivity contribution < 1.29 is 4.79 Å². The number of nitrogen functional groups attached to an aromatic ring is 1. The minimum atomic E-state index is -0.284. The van der Waals surface area contributed by atoms with E-state index in [1.165, 1.54) is 0 Å². The molecule has 1 heterocycles. The van der Waals surface area contributed by atoms with E-state index in [1.54, 1.807) is 18.3 Å². The maximum absolute atomic E-state index is 12.3. The molecule has 1 aromatic carbocycles. The number of hydrogen-bond acceptors (Lipinski definition) is 3. The lowest BCUT2D eigenvalue weighted by Gasteiger charge is -2.12. The second kappa shape index (κ2) is 5.28. The maximum Gasteiger partial charge on any atom is 0.258 e. The van der Waals surface area contributed by atoms with Crippen LogP contribution in [0.3, 0.4) is 0 Å². The molecule has 0 saturated carbocycles. The summed E-state index contributed by atoms with van der Waals surface area (Å²) in [5.74, 6) is -0.284. The Hall–Kier alpha value is -2.07. The summed E-state index contributed by atoms with van der Waals surface area (Å²) in [7, 11) is 0. The van der Waals surface area contributed by atoms with Crippen molar-refractivity contribution in [2.45, 2.75) is 13.8 Å². The first-order valence-electron chi connectivity index (χ1n) is 5.78. The van der Waals surface area contributed by atoms with E-state index in [0.717, 1.165) is 11.1 Å². The first-order valence-corrected chi connectivity index (χ1v) is 6.16. The minimum Gasteiger partial charge on any atom is -0.398 e. The van der Waals surface area contributed by atoms with Gasteiger partial charge in [-0.3, -0.25) is 4.79 Å². The molecule has 0 aliphatic rings. The Kier molecular flexibility index (Phi) is 3.71. The Balaban J connectivity index is 2.37. The van der Waals surface area contributed by atoms with Gasteiger partial charge >= 0.3 is 0 Å². The zero-order valence-electron chi connectivity index (χ0n) is 10.7. The van der Waals surface area contributed by atoms with Gasteiger partial charge in [0.25, 0.3) is 5.91 Å². The van der Waals surface area contributed by atoms with Crippen LogP contribution < -0.4 is 11.1 Å². The number of amides is 1. The summed E-state index contributed by atoms with van der Waals surface area (Å²) < 4.78 is 0. The summed E-state index contributed by atoms with van der Waals surface area (Å²) in [5, 5.41) is 3.03.